The highest BCUT2D eigenvalue weighted by Gasteiger charge is 2.06. The second-order valence-corrected chi connectivity index (χ2v) is 6.12. The van der Waals surface area contributed by atoms with Crippen molar-refractivity contribution in [1.82, 2.24) is 4.57 Å². The van der Waals surface area contributed by atoms with Gasteiger partial charge in [-0.1, -0.05) is 19.1 Å². The molecule has 2 heterocycles. The largest absolute Gasteiger partial charge is 0.343 e. The van der Waals surface area contributed by atoms with Crippen molar-refractivity contribution in [2.24, 2.45) is 5.73 Å². The van der Waals surface area contributed by atoms with E-state index in [0.29, 0.717) is 0 Å². The molecular weight excluding hydrogens is 264 g/mol. The van der Waals surface area contributed by atoms with Gasteiger partial charge in [-0.3, -0.25) is 0 Å². The molecule has 2 nitrogen and oxygen atoms in total. The monoisotopic (exact) mass is 284 g/mol. The molecule has 0 saturated carbocycles. The molecule has 0 saturated heterocycles. The lowest BCUT2D eigenvalue weighted by Crippen LogP contribution is -2.21. The van der Waals surface area contributed by atoms with Crippen LogP contribution in [-0.2, 0) is 13.0 Å². The lowest BCUT2D eigenvalue weighted by molar-refractivity contribution is 0.646. The number of fused-ring (bicyclic) bond motifs is 1. The Morgan fingerprint density at radius 2 is 2.10 bits per heavy atom. The average molecular weight is 284 g/mol. The summed E-state index contributed by atoms with van der Waals surface area (Å²) in [6.07, 6.45) is 4.15. The summed E-state index contributed by atoms with van der Waals surface area (Å²) >= 11 is 1.75. The number of thiophene rings is 1. The van der Waals surface area contributed by atoms with Crippen LogP contribution < -0.4 is 5.73 Å². The Morgan fingerprint density at radius 1 is 1.20 bits per heavy atom. The second kappa shape index (κ2) is 5.81. The molecule has 3 aromatic rings. The quantitative estimate of drug-likeness (QED) is 0.753. The molecule has 2 N–H and O–H groups in total. The predicted octanol–water partition coefficient (Wildman–Crippen LogP) is 4.03. The van der Waals surface area contributed by atoms with Crippen molar-refractivity contribution in [2.75, 3.05) is 0 Å². The first kappa shape index (κ1) is 13.4. The van der Waals surface area contributed by atoms with Crippen molar-refractivity contribution in [3.05, 3.63) is 58.4 Å². The Kier molecular flexibility index (Phi) is 3.90. The minimum absolute atomic E-state index is 0.257. The van der Waals surface area contributed by atoms with Gasteiger partial charge in [0.25, 0.3) is 0 Å². The normalized spacial score (nSPS) is 12.9. The van der Waals surface area contributed by atoms with Crippen molar-refractivity contribution < 1.29 is 0 Å². The Morgan fingerprint density at radius 3 is 2.85 bits per heavy atom. The molecule has 0 aliphatic carbocycles. The number of rotatable bonds is 5. The summed E-state index contributed by atoms with van der Waals surface area (Å²) in [5, 5.41) is 5.64. The van der Waals surface area contributed by atoms with Crippen LogP contribution in [-0.4, -0.2) is 10.6 Å². The van der Waals surface area contributed by atoms with Gasteiger partial charge in [-0.2, -0.15) is 11.3 Å². The van der Waals surface area contributed by atoms with Crippen LogP contribution in [0.4, 0.5) is 0 Å². The van der Waals surface area contributed by atoms with Gasteiger partial charge in [0.2, 0.25) is 0 Å². The number of aromatic nitrogens is 1. The van der Waals surface area contributed by atoms with E-state index in [1.54, 1.807) is 11.3 Å². The van der Waals surface area contributed by atoms with E-state index in [9.17, 15) is 0 Å². The predicted molar refractivity (Wildman–Crippen MR) is 87.3 cm³/mol. The summed E-state index contributed by atoms with van der Waals surface area (Å²) in [6, 6.07) is 11.3. The van der Waals surface area contributed by atoms with Gasteiger partial charge in [0.1, 0.15) is 0 Å². The highest BCUT2D eigenvalue weighted by molar-refractivity contribution is 7.07. The maximum Gasteiger partial charge on any atom is 0.0486 e. The van der Waals surface area contributed by atoms with Crippen molar-refractivity contribution in [1.29, 1.82) is 0 Å². The van der Waals surface area contributed by atoms with E-state index in [0.717, 1.165) is 19.4 Å². The van der Waals surface area contributed by atoms with E-state index >= 15 is 0 Å². The molecular formula is C17H20N2S. The van der Waals surface area contributed by atoms with E-state index < -0.39 is 0 Å². The molecule has 1 unspecified atom stereocenters. The third-order valence-corrected chi connectivity index (χ3v) is 4.53. The summed E-state index contributed by atoms with van der Waals surface area (Å²) in [7, 11) is 0. The van der Waals surface area contributed by atoms with Crippen LogP contribution in [0.2, 0.25) is 0 Å². The summed E-state index contributed by atoms with van der Waals surface area (Å²) in [4.78, 5) is 0. The highest BCUT2D eigenvalue weighted by Crippen LogP contribution is 2.20. The minimum Gasteiger partial charge on any atom is -0.343 e. The number of nitrogens with two attached hydrogens (primary N) is 1. The second-order valence-electron chi connectivity index (χ2n) is 5.34. The maximum atomic E-state index is 6.07. The lowest BCUT2D eigenvalue weighted by Gasteiger charge is -2.10. The third-order valence-electron chi connectivity index (χ3n) is 3.79. The SMILES string of the molecule is CCC(N)Cc1ccc2ccn(Cc3ccsc3)c2c1. The lowest BCUT2D eigenvalue weighted by atomic mass is 10.0. The van der Waals surface area contributed by atoms with E-state index in [2.05, 4.69) is 58.8 Å². The number of hydrogen-bond donors (Lipinski definition) is 1. The van der Waals surface area contributed by atoms with E-state index in [4.69, 9.17) is 5.73 Å². The first-order valence-electron chi connectivity index (χ1n) is 7.10. The van der Waals surface area contributed by atoms with Gasteiger partial charge in [-0.05, 0) is 58.3 Å². The fourth-order valence-electron chi connectivity index (χ4n) is 2.52. The first-order valence-corrected chi connectivity index (χ1v) is 8.05. The van der Waals surface area contributed by atoms with Crippen LogP contribution in [0.25, 0.3) is 10.9 Å². The molecule has 0 bridgehead atoms. The van der Waals surface area contributed by atoms with Gasteiger partial charge < -0.3 is 10.3 Å². The summed E-state index contributed by atoms with van der Waals surface area (Å²) in [5.41, 5.74) is 10.1. The first-order chi connectivity index (χ1) is 9.76. The molecule has 20 heavy (non-hydrogen) atoms. The molecule has 1 atom stereocenters. The summed E-state index contributed by atoms with van der Waals surface area (Å²) in [5.74, 6) is 0. The van der Waals surface area contributed by atoms with Crippen molar-refractivity contribution in [2.45, 2.75) is 32.4 Å². The Balaban J connectivity index is 1.91. The molecule has 0 aliphatic rings. The van der Waals surface area contributed by atoms with E-state index in [1.165, 1.54) is 22.0 Å². The molecule has 3 rings (SSSR count). The van der Waals surface area contributed by atoms with Crippen molar-refractivity contribution in [3.8, 4) is 0 Å². The van der Waals surface area contributed by atoms with E-state index in [1.807, 2.05) is 0 Å². The number of nitrogens with zero attached hydrogens (tertiary/aromatic N) is 1. The third kappa shape index (κ3) is 2.79. The molecule has 0 aliphatic heterocycles. The van der Waals surface area contributed by atoms with Crippen LogP contribution in [0.3, 0.4) is 0 Å². The Hall–Kier alpha value is -1.58. The molecule has 0 fully saturated rings. The molecule has 2 aromatic heterocycles. The van der Waals surface area contributed by atoms with Gasteiger partial charge in [0, 0.05) is 24.3 Å². The zero-order chi connectivity index (χ0) is 13.9. The van der Waals surface area contributed by atoms with E-state index in [-0.39, 0.29) is 6.04 Å². The Bertz CT molecular complexity index is 682. The molecule has 0 radical (unpaired) electrons. The standard InChI is InChI=1S/C17H20N2S/c1-2-16(18)9-13-3-4-15-5-7-19(17(15)10-13)11-14-6-8-20-12-14/h3-8,10,12,16H,2,9,11,18H2,1H3. The molecule has 0 spiro atoms. The maximum absolute atomic E-state index is 6.07. The van der Waals surface area contributed by atoms with Crippen LogP contribution in [0, 0.1) is 0 Å². The van der Waals surface area contributed by atoms with Crippen molar-refractivity contribution >= 4 is 22.2 Å². The minimum atomic E-state index is 0.257. The average Bonchev–Trinajstić information content (AvgIpc) is 3.10. The van der Waals surface area contributed by atoms with Gasteiger partial charge in [-0.25, -0.2) is 0 Å². The fraction of sp³-hybridized carbons (Fsp3) is 0.294. The molecule has 104 valence electrons. The van der Waals surface area contributed by atoms with Crippen LogP contribution in [0.1, 0.15) is 24.5 Å². The topological polar surface area (TPSA) is 30.9 Å². The van der Waals surface area contributed by atoms with Crippen LogP contribution in [0.5, 0.6) is 0 Å². The van der Waals surface area contributed by atoms with Crippen molar-refractivity contribution in [3.63, 3.8) is 0 Å². The molecule has 0 amide bonds. The van der Waals surface area contributed by atoms with Gasteiger partial charge in [0.05, 0.1) is 0 Å². The number of benzene rings is 1. The van der Waals surface area contributed by atoms with Gasteiger partial charge in [0.15, 0.2) is 0 Å². The number of hydrogen-bond acceptors (Lipinski definition) is 2. The fourth-order valence-corrected chi connectivity index (χ4v) is 3.18. The van der Waals surface area contributed by atoms with Gasteiger partial charge >= 0.3 is 0 Å². The van der Waals surface area contributed by atoms with Crippen LogP contribution in [0.15, 0.2) is 47.3 Å². The Labute approximate surface area is 123 Å². The van der Waals surface area contributed by atoms with Crippen LogP contribution >= 0.6 is 11.3 Å². The molecule has 1 aromatic carbocycles. The smallest absolute Gasteiger partial charge is 0.0486 e. The summed E-state index contributed by atoms with van der Waals surface area (Å²) in [6.45, 7) is 3.08. The highest BCUT2D eigenvalue weighted by atomic mass is 32.1. The summed E-state index contributed by atoms with van der Waals surface area (Å²) < 4.78 is 2.32. The van der Waals surface area contributed by atoms with Gasteiger partial charge in [-0.15, -0.1) is 0 Å². The zero-order valence-electron chi connectivity index (χ0n) is 11.8. The molecule has 3 heteroatoms. The zero-order valence-corrected chi connectivity index (χ0v) is 12.6.